The highest BCUT2D eigenvalue weighted by Crippen LogP contribution is 2.33. The molecule has 34 heavy (non-hydrogen) atoms. The molecule has 1 N–H and O–H groups in total. The van der Waals surface area contributed by atoms with Crippen LogP contribution < -0.4 is 5.32 Å². The topological polar surface area (TPSA) is 111 Å². The lowest BCUT2D eigenvalue weighted by Crippen LogP contribution is -2.16. The predicted octanol–water partition coefficient (Wildman–Crippen LogP) is 5.43. The first-order chi connectivity index (χ1) is 16.2. The molecule has 4 rings (SSSR count). The van der Waals surface area contributed by atoms with Crippen LogP contribution in [0.1, 0.15) is 24.3 Å². The minimum Gasteiger partial charge on any atom is -0.441 e. The van der Waals surface area contributed by atoms with Crippen LogP contribution in [0.15, 0.2) is 82.5 Å². The van der Waals surface area contributed by atoms with Gasteiger partial charge in [-0.15, -0.1) is 0 Å². The van der Waals surface area contributed by atoms with Gasteiger partial charge in [-0.1, -0.05) is 59.8 Å². The van der Waals surface area contributed by atoms with Gasteiger partial charge in [0.15, 0.2) is 20.6 Å². The van der Waals surface area contributed by atoms with Gasteiger partial charge >= 0.3 is 6.09 Å². The summed E-state index contributed by atoms with van der Waals surface area (Å²) in [4.78, 5) is 16.5. The maximum Gasteiger partial charge on any atom is 0.412 e. The lowest BCUT2D eigenvalue weighted by atomic mass is 10.0. The van der Waals surface area contributed by atoms with E-state index in [9.17, 15) is 13.2 Å². The quantitative estimate of drug-likeness (QED) is 0.394. The normalized spacial score (nSPS) is 12.2. The van der Waals surface area contributed by atoms with Gasteiger partial charge < -0.3 is 9.26 Å². The number of ether oxygens (including phenoxy) is 1. The first-order valence-corrected chi connectivity index (χ1v) is 12.4. The smallest absolute Gasteiger partial charge is 0.412 e. The summed E-state index contributed by atoms with van der Waals surface area (Å²) in [6.45, 7) is 3.53. The number of nitrogens with one attached hydrogen (secondary N) is 1. The largest absolute Gasteiger partial charge is 0.441 e. The van der Waals surface area contributed by atoms with Gasteiger partial charge in [-0.3, -0.25) is 5.32 Å². The zero-order valence-corrected chi connectivity index (χ0v) is 19.7. The molecule has 2 heterocycles. The average molecular weight is 478 g/mol. The van der Waals surface area contributed by atoms with Crippen LogP contribution in [-0.4, -0.2) is 30.9 Å². The van der Waals surface area contributed by atoms with E-state index in [2.05, 4.69) is 15.5 Å². The Morgan fingerprint density at radius 3 is 2.24 bits per heavy atom. The summed E-state index contributed by atoms with van der Waals surface area (Å²) < 4.78 is 34.2. The zero-order chi connectivity index (χ0) is 24.3. The Labute approximate surface area is 197 Å². The van der Waals surface area contributed by atoms with Crippen molar-refractivity contribution < 1.29 is 22.5 Å². The Balaban J connectivity index is 1.51. The maximum atomic E-state index is 12.5. The van der Waals surface area contributed by atoms with E-state index in [1.165, 1.54) is 12.3 Å². The molecular formula is C25H23N3O5S. The van der Waals surface area contributed by atoms with Crippen LogP contribution in [0.2, 0.25) is 0 Å². The molecule has 1 amide bonds. The number of pyridine rings is 1. The Bertz CT molecular complexity index is 1400. The third-order valence-electron chi connectivity index (χ3n) is 5.24. The highest BCUT2D eigenvalue weighted by atomic mass is 32.2. The molecule has 0 fully saturated rings. The Hall–Kier alpha value is -3.98. The fourth-order valence-electron chi connectivity index (χ4n) is 3.38. The van der Waals surface area contributed by atoms with Crippen molar-refractivity contribution in [3.8, 4) is 22.5 Å². The summed E-state index contributed by atoms with van der Waals surface area (Å²) in [5, 5.41) is 6.75. The van der Waals surface area contributed by atoms with E-state index < -0.39 is 22.0 Å². The molecule has 0 bridgehead atoms. The van der Waals surface area contributed by atoms with Gasteiger partial charge in [0.2, 0.25) is 0 Å². The van der Waals surface area contributed by atoms with E-state index in [4.69, 9.17) is 9.26 Å². The van der Waals surface area contributed by atoms with E-state index in [0.29, 0.717) is 22.7 Å². The van der Waals surface area contributed by atoms with Gasteiger partial charge in [-0.25, -0.2) is 18.2 Å². The van der Waals surface area contributed by atoms with Crippen molar-refractivity contribution >= 4 is 21.6 Å². The molecule has 2 aromatic heterocycles. The van der Waals surface area contributed by atoms with Crippen LogP contribution in [-0.2, 0) is 14.6 Å². The number of nitrogens with zero attached hydrogens (tertiary/aromatic N) is 2. The second kappa shape index (κ2) is 9.48. The van der Waals surface area contributed by atoms with Crippen LogP contribution >= 0.6 is 0 Å². The Morgan fingerprint density at radius 2 is 1.62 bits per heavy atom. The Morgan fingerprint density at radius 1 is 0.971 bits per heavy atom. The molecule has 0 aliphatic heterocycles. The molecule has 0 aliphatic carbocycles. The fraction of sp³-hybridized carbons (Fsp3) is 0.160. The van der Waals surface area contributed by atoms with Crippen molar-refractivity contribution in [2.24, 2.45) is 0 Å². The van der Waals surface area contributed by atoms with Gasteiger partial charge in [-0.2, -0.15) is 0 Å². The number of amides is 1. The van der Waals surface area contributed by atoms with E-state index in [0.717, 1.165) is 22.9 Å². The standard InChI is InChI=1S/C25H23N3O5S/c1-16-23(27-25(29)32-17(2)18-7-5-4-6-8-18)24(33-28-16)20-11-9-19(10-12-20)21-13-14-22(26-15-21)34(3,30)31/h4-15,17H,1-3H3,(H,27,29)/t17-/m1/s1. The zero-order valence-electron chi connectivity index (χ0n) is 18.8. The van der Waals surface area contributed by atoms with Gasteiger partial charge in [-0.05, 0) is 37.1 Å². The minimum absolute atomic E-state index is 0.0224. The first kappa shape index (κ1) is 23.2. The third-order valence-corrected chi connectivity index (χ3v) is 6.24. The average Bonchev–Trinajstić information content (AvgIpc) is 3.19. The Kier molecular flexibility index (Phi) is 6.47. The molecule has 0 aliphatic rings. The molecular weight excluding hydrogens is 454 g/mol. The van der Waals surface area contributed by atoms with Crippen molar-refractivity contribution in [1.29, 1.82) is 0 Å². The van der Waals surface area contributed by atoms with Gasteiger partial charge in [0.05, 0.1) is 0 Å². The van der Waals surface area contributed by atoms with E-state index in [-0.39, 0.29) is 5.03 Å². The third kappa shape index (κ3) is 5.15. The maximum absolute atomic E-state index is 12.5. The molecule has 174 valence electrons. The summed E-state index contributed by atoms with van der Waals surface area (Å²) in [6, 6.07) is 20.0. The lowest BCUT2D eigenvalue weighted by molar-refractivity contribution is 0.121. The van der Waals surface area contributed by atoms with Crippen molar-refractivity contribution in [2.45, 2.75) is 25.0 Å². The van der Waals surface area contributed by atoms with Crippen LogP contribution in [0.25, 0.3) is 22.5 Å². The van der Waals surface area contributed by atoms with Crippen molar-refractivity contribution in [3.05, 3.63) is 84.2 Å². The number of aromatic nitrogens is 2. The fourth-order valence-corrected chi connectivity index (χ4v) is 3.94. The number of aryl methyl sites for hydroxylation is 1. The molecule has 0 saturated carbocycles. The molecule has 8 nitrogen and oxygen atoms in total. The number of carbonyl (C=O) groups is 1. The summed E-state index contributed by atoms with van der Waals surface area (Å²) in [5.74, 6) is 0.402. The lowest BCUT2D eigenvalue weighted by Gasteiger charge is -2.14. The number of rotatable bonds is 6. The second-order valence-corrected chi connectivity index (χ2v) is 9.75. The molecule has 4 aromatic rings. The number of hydrogen-bond acceptors (Lipinski definition) is 7. The number of benzene rings is 2. The molecule has 1 atom stereocenters. The van der Waals surface area contributed by atoms with Gasteiger partial charge in [0.25, 0.3) is 0 Å². The highest BCUT2D eigenvalue weighted by Gasteiger charge is 2.20. The van der Waals surface area contributed by atoms with Crippen LogP contribution in [0.5, 0.6) is 0 Å². The number of anilines is 1. The van der Waals surface area contributed by atoms with Crippen LogP contribution in [0.4, 0.5) is 10.5 Å². The van der Waals surface area contributed by atoms with E-state index >= 15 is 0 Å². The molecule has 0 unspecified atom stereocenters. The molecule has 0 radical (unpaired) electrons. The monoisotopic (exact) mass is 477 g/mol. The number of carbonyl (C=O) groups excluding carboxylic acids is 1. The first-order valence-electron chi connectivity index (χ1n) is 10.5. The number of hydrogen-bond donors (Lipinski definition) is 1. The summed E-state index contributed by atoms with van der Waals surface area (Å²) in [7, 11) is -3.36. The van der Waals surface area contributed by atoms with Crippen molar-refractivity contribution in [1.82, 2.24) is 10.1 Å². The second-order valence-electron chi connectivity index (χ2n) is 7.79. The van der Waals surface area contributed by atoms with Gasteiger partial charge in [0.1, 0.15) is 17.5 Å². The molecule has 0 spiro atoms. The van der Waals surface area contributed by atoms with Crippen molar-refractivity contribution in [3.63, 3.8) is 0 Å². The van der Waals surface area contributed by atoms with Crippen molar-refractivity contribution in [2.75, 3.05) is 11.6 Å². The molecule has 9 heteroatoms. The van der Waals surface area contributed by atoms with Crippen LogP contribution in [0.3, 0.4) is 0 Å². The summed E-state index contributed by atoms with van der Waals surface area (Å²) in [5.41, 5.74) is 4.15. The summed E-state index contributed by atoms with van der Waals surface area (Å²) >= 11 is 0. The highest BCUT2D eigenvalue weighted by molar-refractivity contribution is 7.90. The molecule has 2 aromatic carbocycles. The SMILES string of the molecule is Cc1noc(-c2ccc(-c3ccc(S(C)(=O)=O)nc3)cc2)c1NC(=O)O[C@H](C)c1ccccc1. The predicted molar refractivity (Wildman–Crippen MR) is 128 cm³/mol. The van der Waals surface area contributed by atoms with E-state index in [1.807, 2.05) is 54.6 Å². The minimum atomic E-state index is -3.36. The van der Waals surface area contributed by atoms with E-state index in [1.54, 1.807) is 19.9 Å². The van der Waals surface area contributed by atoms with Crippen LogP contribution in [0, 0.1) is 6.92 Å². The number of sulfone groups is 1. The summed E-state index contributed by atoms with van der Waals surface area (Å²) in [6.07, 6.45) is 1.60. The molecule has 0 saturated heterocycles. The van der Waals surface area contributed by atoms with Gasteiger partial charge in [0, 0.05) is 23.6 Å².